The van der Waals surface area contributed by atoms with Gasteiger partial charge in [-0.1, -0.05) is 0 Å². The average Bonchev–Trinajstić information content (AvgIpc) is 2.34. The third-order valence-electron chi connectivity index (χ3n) is 3.56. The van der Waals surface area contributed by atoms with Gasteiger partial charge in [-0.25, -0.2) is 4.79 Å². The lowest BCUT2D eigenvalue weighted by Crippen LogP contribution is -2.45. The van der Waals surface area contributed by atoms with Crippen molar-refractivity contribution in [2.75, 3.05) is 39.3 Å². The van der Waals surface area contributed by atoms with E-state index in [2.05, 4.69) is 4.90 Å². The van der Waals surface area contributed by atoms with Crippen LogP contribution in [0.15, 0.2) is 0 Å². The molecule has 118 valence electrons. The van der Waals surface area contributed by atoms with Gasteiger partial charge in [-0.15, -0.1) is 0 Å². The Hall–Kier alpha value is -0.810. The van der Waals surface area contributed by atoms with Crippen LogP contribution < -0.4 is 5.73 Å². The van der Waals surface area contributed by atoms with Crippen LogP contribution in [0.4, 0.5) is 4.79 Å². The molecule has 20 heavy (non-hydrogen) atoms. The molecule has 0 aromatic rings. The van der Waals surface area contributed by atoms with Crippen molar-refractivity contribution < 1.29 is 9.53 Å². The molecule has 0 radical (unpaired) electrons. The van der Waals surface area contributed by atoms with Gasteiger partial charge in [-0.2, -0.15) is 0 Å². The van der Waals surface area contributed by atoms with Gasteiger partial charge in [0.15, 0.2) is 0 Å². The summed E-state index contributed by atoms with van der Waals surface area (Å²) < 4.78 is 5.46. The Morgan fingerprint density at radius 2 is 2.15 bits per heavy atom. The molecule has 1 aliphatic heterocycles. The van der Waals surface area contributed by atoms with Gasteiger partial charge >= 0.3 is 6.09 Å². The number of piperidine rings is 1. The van der Waals surface area contributed by atoms with E-state index < -0.39 is 5.60 Å². The van der Waals surface area contributed by atoms with Gasteiger partial charge in [0.2, 0.25) is 0 Å². The molecule has 1 aliphatic rings. The number of hydrogen-bond acceptors (Lipinski definition) is 4. The fourth-order valence-electron chi connectivity index (χ4n) is 2.66. The number of carbonyl (C=O) groups excluding carboxylic acids is 1. The minimum absolute atomic E-state index is 0.198. The van der Waals surface area contributed by atoms with Crippen molar-refractivity contribution in [1.82, 2.24) is 9.80 Å². The van der Waals surface area contributed by atoms with Gasteiger partial charge in [0.25, 0.3) is 0 Å². The molecule has 0 bridgehead atoms. The Labute approximate surface area is 123 Å². The van der Waals surface area contributed by atoms with E-state index in [0.717, 1.165) is 26.2 Å². The van der Waals surface area contributed by atoms with Crippen LogP contribution in [0.1, 0.15) is 40.5 Å². The van der Waals surface area contributed by atoms with Crippen molar-refractivity contribution in [3.8, 4) is 0 Å². The highest BCUT2D eigenvalue weighted by Crippen LogP contribution is 2.18. The SMILES string of the molecule is CCN(CC1CCCN(CCN)C1)C(=O)OC(C)(C)C. The standard InChI is InChI=1S/C15H31N3O2/c1-5-18(14(19)20-15(2,3)4)12-13-7-6-9-17(11-13)10-8-16/h13H,5-12,16H2,1-4H3. The predicted molar refractivity (Wildman–Crippen MR) is 81.7 cm³/mol. The Kier molecular flexibility index (Phi) is 6.76. The number of amides is 1. The van der Waals surface area contributed by atoms with Crippen LogP contribution >= 0.6 is 0 Å². The quantitative estimate of drug-likeness (QED) is 0.838. The lowest BCUT2D eigenvalue weighted by atomic mass is 9.97. The molecule has 1 unspecified atom stereocenters. The number of rotatable bonds is 5. The van der Waals surface area contributed by atoms with E-state index in [9.17, 15) is 4.79 Å². The molecule has 1 saturated heterocycles. The van der Waals surface area contributed by atoms with Crippen molar-refractivity contribution >= 4 is 6.09 Å². The van der Waals surface area contributed by atoms with E-state index in [1.807, 2.05) is 32.6 Å². The molecule has 1 atom stereocenters. The van der Waals surface area contributed by atoms with E-state index in [0.29, 0.717) is 19.0 Å². The summed E-state index contributed by atoms with van der Waals surface area (Å²) in [6.07, 6.45) is 2.17. The second-order valence-corrected chi connectivity index (χ2v) is 6.62. The van der Waals surface area contributed by atoms with Crippen LogP contribution in [-0.4, -0.2) is 60.8 Å². The number of nitrogens with zero attached hydrogens (tertiary/aromatic N) is 2. The molecule has 0 aromatic carbocycles. The largest absolute Gasteiger partial charge is 0.444 e. The van der Waals surface area contributed by atoms with Gasteiger partial charge in [0.05, 0.1) is 0 Å². The van der Waals surface area contributed by atoms with Gasteiger partial charge in [-0.3, -0.25) is 0 Å². The molecule has 0 aliphatic carbocycles. The number of carbonyl (C=O) groups is 1. The Balaban J connectivity index is 2.48. The normalized spacial score (nSPS) is 20.8. The lowest BCUT2D eigenvalue weighted by molar-refractivity contribution is 0.0200. The van der Waals surface area contributed by atoms with Gasteiger partial charge in [0, 0.05) is 32.7 Å². The zero-order valence-corrected chi connectivity index (χ0v) is 13.5. The zero-order valence-electron chi connectivity index (χ0n) is 13.5. The van der Waals surface area contributed by atoms with E-state index in [-0.39, 0.29) is 6.09 Å². The van der Waals surface area contributed by atoms with Crippen LogP contribution in [-0.2, 0) is 4.74 Å². The highest BCUT2D eigenvalue weighted by Gasteiger charge is 2.26. The number of ether oxygens (including phenoxy) is 1. The summed E-state index contributed by atoms with van der Waals surface area (Å²) in [5, 5.41) is 0. The van der Waals surface area contributed by atoms with E-state index >= 15 is 0 Å². The summed E-state index contributed by atoms with van der Waals surface area (Å²) in [5.41, 5.74) is 5.20. The summed E-state index contributed by atoms with van der Waals surface area (Å²) in [4.78, 5) is 16.4. The fourth-order valence-corrected chi connectivity index (χ4v) is 2.66. The van der Waals surface area contributed by atoms with E-state index in [1.165, 1.54) is 12.8 Å². The Bertz CT molecular complexity index is 300. The molecule has 5 heteroatoms. The van der Waals surface area contributed by atoms with Crippen LogP contribution in [0.25, 0.3) is 0 Å². The minimum Gasteiger partial charge on any atom is -0.444 e. The highest BCUT2D eigenvalue weighted by atomic mass is 16.6. The predicted octanol–water partition coefficient (Wildman–Crippen LogP) is 1.91. The monoisotopic (exact) mass is 285 g/mol. The third-order valence-corrected chi connectivity index (χ3v) is 3.56. The molecule has 1 heterocycles. The molecule has 1 fully saturated rings. The summed E-state index contributed by atoms with van der Waals surface area (Å²) in [6.45, 7) is 13.0. The molecule has 0 spiro atoms. The van der Waals surface area contributed by atoms with Gasteiger partial charge in [-0.05, 0) is 53.0 Å². The summed E-state index contributed by atoms with van der Waals surface area (Å²) in [7, 11) is 0. The number of likely N-dealkylation sites (tertiary alicyclic amines) is 1. The topological polar surface area (TPSA) is 58.8 Å². The van der Waals surface area contributed by atoms with E-state index in [4.69, 9.17) is 10.5 Å². The van der Waals surface area contributed by atoms with Gasteiger partial charge in [0.1, 0.15) is 5.60 Å². The molecule has 0 saturated carbocycles. The minimum atomic E-state index is -0.428. The maximum Gasteiger partial charge on any atom is 0.410 e. The van der Waals surface area contributed by atoms with E-state index in [1.54, 1.807) is 0 Å². The van der Waals surface area contributed by atoms with Crippen molar-refractivity contribution in [3.63, 3.8) is 0 Å². The summed E-state index contributed by atoms with van der Waals surface area (Å²) in [5.74, 6) is 0.530. The highest BCUT2D eigenvalue weighted by molar-refractivity contribution is 5.68. The first-order valence-electron chi connectivity index (χ1n) is 7.76. The average molecular weight is 285 g/mol. The first-order valence-corrected chi connectivity index (χ1v) is 7.76. The van der Waals surface area contributed by atoms with Gasteiger partial charge < -0.3 is 20.3 Å². The van der Waals surface area contributed by atoms with Crippen LogP contribution in [0.2, 0.25) is 0 Å². The van der Waals surface area contributed by atoms with Crippen LogP contribution in [0.3, 0.4) is 0 Å². The molecule has 2 N–H and O–H groups in total. The maximum atomic E-state index is 12.1. The summed E-state index contributed by atoms with van der Waals surface area (Å²) >= 11 is 0. The molecule has 1 rings (SSSR count). The molecular weight excluding hydrogens is 254 g/mol. The zero-order chi connectivity index (χ0) is 15.2. The molecule has 1 amide bonds. The third kappa shape index (κ3) is 6.09. The lowest BCUT2D eigenvalue weighted by Gasteiger charge is -2.35. The second-order valence-electron chi connectivity index (χ2n) is 6.62. The first kappa shape index (κ1) is 17.2. The second kappa shape index (κ2) is 7.84. The number of nitrogens with two attached hydrogens (primary N) is 1. The number of hydrogen-bond donors (Lipinski definition) is 1. The molecule has 5 nitrogen and oxygen atoms in total. The molecule has 0 aromatic heterocycles. The first-order chi connectivity index (χ1) is 9.35. The van der Waals surface area contributed by atoms with Crippen LogP contribution in [0, 0.1) is 5.92 Å². The van der Waals surface area contributed by atoms with Crippen molar-refractivity contribution in [2.24, 2.45) is 11.7 Å². The molecular formula is C15H31N3O2. The maximum absolute atomic E-state index is 12.1. The fraction of sp³-hybridized carbons (Fsp3) is 0.933. The smallest absolute Gasteiger partial charge is 0.410 e. The van der Waals surface area contributed by atoms with Crippen molar-refractivity contribution in [1.29, 1.82) is 0 Å². The summed E-state index contributed by atoms with van der Waals surface area (Å²) in [6, 6.07) is 0. The Morgan fingerprint density at radius 3 is 2.70 bits per heavy atom. The van der Waals surface area contributed by atoms with Crippen molar-refractivity contribution in [2.45, 2.75) is 46.1 Å². The van der Waals surface area contributed by atoms with Crippen molar-refractivity contribution in [3.05, 3.63) is 0 Å². The van der Waals surface area contributed by atoms with Crippen LogP contribution in [0.5, 0.6) is 0 Å². The Morgan fingerprint density at radius 1 is 1.45 bits per heavy atom.